The van der Waals surface area contributed by atoms with Crippen LogP contribution in [0.3, 0.4) is 0 Å². The third-order valence-corrected chi connectivity index (χ3v) is 3.95. The van der Waals surface area contributed by atoms with Crippen LogP contribution in [0.5, 0.6) is 0 Å². The first-order chi connectivity index (χ1) is 9.61. The lowest BCUT2D eigenvalue weighted by molar-refractivity contribution is -0.634. The fourth-order valence-electron chi connectivity index (χ4n) is 3.00. The van der Waals surface area contributed by atoms with Crippen LogP contribution in [0.1, 0.15) is 25.5 Å². The molecule has 0 N–H and O–H groups in total. The largest absolute Gasteiger partial charge is 0.290 e. The van der Waals surface area contributed by atoms with Crippen molar-refractivity contribution in [2.45, 2.75) is 26.8 Å². The number of hydrogen-bond acceptors (Lipinski definition) is 0. The van der Waals surface area contributed by atoms with E-state index in [1.54, 1.807) is 0 Å². The van der Waals surface area contributed by atoms with E-state index in [9.17, 15) is 0 Å². The molecule has 0 bridgehead atoms. The first kappa shape index (κ1) is 12.9. The topological polar surface area (TPSA) is 8.81 Å². The van der Waals surface area contributed by atoms with Crippen LogP contribution < -0.4 is 4.57 Å². The van der Waals surface area contributed by atoms with Crippen LogP contribution in [0.2, 0.25) is 0 Å². The standard InChI is InChI=1S/C18H21N2/c1-13(2)20-17-12-8-7-11-16(17)19(4)18(20)15-10-6-5-9-14(15)3/h5-13H,1-4H3/q+1. The maximum atomic E-state index is 2.43. The molecule has 0 spiro atoms. The summed E-state index contributed by atoms with van der Waals surface area (Å²) in [5.41, 5.74) is 5.19. The molecule has 1 aromatic heterocycles. The van der Waals surface area contributed by atoms with Crippen LogP contribution in [0.25, 0.3) is 22.4 Å². The number of aryl methyl sites for hydroxylation is 2. The summed E-state index contributed by atoms with van der Waals surface area (Å²) < 4.78 is 4.73. The van der Waals surface area contributed by atoms with Crippen molar-refractivity contribution < 1.29 is 4.57 Å². The molecule has 2 nitrogen and oxygen atoms in total. The number of hydrogen-bond donors (Lipinski definition) is 0. The third-order valence-electron chi connectivity index (χ3n) is 3.95. The number of benzene rings is 2. The molecular formula is C18H21N2+. The van der Waals surface area contributed by atoms with Gasteiger partial charge in [-0.3, -0.25) is 0 Å². The Kier molecular flexibility index (Phi) is 3.09. The number of imidazole rings is 1. The van der Waals surface area contributed by atoms with Crippen LogP contribution in [0, 0.1) is 6.92 Å². The van der Waals surface area contributed by atoms with Crippen molar-refractivity contribution in [3.8, 4) is 11.4 Å². The van der Waals surface area contributed by atoms with E-state index in [-0.39, 0.29) is 0 Å². The van der Waals surface area contributed by atoms with Crippen LogP contribution in [0.4, 0.5) is 0 Å². The third kappa shape index (κ3) is 1.83. The minimum atomic E-state index is 0.427. The SMILES string of the molecule is Cc1ccccc1-c1n(C(C)C)c2ccccc2[n+]1C. The van der Waals surface area contributed by atoms with Crippen LogP contribution in [0.15, 0.2) is 48.5 Å². The molecule has 0 saturated carbocycles. The maximum absolute atomic E-state index is 2.43. The molecule has 102 valence electrons. The van der Waals surface area contributed by atoms with Gasteiger partial charge in [-0.05, 0) is 44.5 Å². The second-order valence-corrected chi connectivity index (χ2v) is 5.65. The van der Waals surface area contributed by atoms with Crippen molar-refractivity contribution in [2.24, 2.45) is 7.05 Å². The van der Waals surface area contributed by atoms with Gasteiger partial charge in [0.05, 0.1) is 18.7 Å². The number of fused-ring (bicyclic) bond motifs is 1. The van der Waals surface area contributed by atoms with Crippen molar-refractivity contribution in [3.05, 3.63) is 54.1 Å². The summed E-state index contributed by atoms with van der Waals surface area (Å²) in [7, 11) is 2.16. The Morgan fingerprint density at radius 1 is 0.950 bits per heavy atom. The molecule has 0 radical (unpaired) electrons. The Hall–Kier alpha value is -2.09. The smallest absolute Gasteiger partial charge is 0.226 e. The molecule has 2 heteroatoms. The Balaban J connectivity index is 2.44. The van der Waals surface area contributed by atoms with E-state index in [4.69, 9.17) is 0 Å². The fourth-order valence-corrected chi connectivity index (χ4v) is 3.00. The predicted octanol–water partition coefficient (Wildman–Crippen LogP) is 4.02. The maximum Gasteiger partial charge on any atom is 0.290 e. The zero-order valence-corrected chi connectivity index (χ0v) is 12.6. The summed E-state index contributed by atoms with van der Waals surface area (Å²) >= 11 is 0. The van der Waals surface area contributed by atoms with Crippen molar-refractivity contribution in [1.29, 1.82) is 0 Å². The summed E-state index contributed by atoms with van der Waals surface area (Å²) in [5.74, 6) is 1.28. The van der Waals surface area contributed by atoms with Gasteiger partial charge in [-0.1, -0.05) is 30.3 Å². The van der Waals surface area contributed by atoms with E-state index < -0.39 is 0 Å². The molecule has 2 aromatic carbocycles. The van der Waals surface area contributed by atoms with Crippen LogP contribution in [-0.4, -0.2) is 4.57 Å². The highest BCUT2D eigenvalue weighted by atomic mass is 15.2. The van der Waals surface area contributed by atoms with Crippen molar-refractivity contribution in [1.82, 2.24) is 4.57 Å². The number of nitrogens with zero attached hydrogens (tertiary/aromatic N) is 2. The quantitative estimate of drug-likeness (QED) is 0.619. The average Bonchev–Trinajstić information content (AvgIpc) is 2.73. The lowest BCUT2D eigenvalue weighted by atomic mass is 10.1. The Morgan fingerprint density at radius 2 is 1.60 bits per heavy atom. The van der Waals surface area contributed by atoms with E-state index in [0.717, 1.165) is 0 Å². The number of aromatic nitrogens is 2. The minimum Gasteiger partial charge on any atom is -0.226 e. The van der Waals surface area contributed by atoms with Gasteiger partial charge in [0.2, 0.25) is 0 Å². The molecule has 0 aliphatic heterocycles. The second-order valence-electron chi connectivity index (χ2n) is 5.65. The van der Waals surface area contributed by atoms with Gasteiger partial charge in [0.1, 0.15) is 0 Å². The van der Waals surface area contributed by atoms with Gasteiger partial charge >= 0.3 is 0 Å². The first-order valence-corrected chi connectivity index (χ1v) is 7.16. The summed E-state index contributed by atoms with van der Waals surface area (Å²) in [6.45, 7) is 6.67. The van der Waals surface area contributed by atoms with E-state index in [0.29, 0.717) is 6.04 Å². The first-order valence-electron chi connectivity index (χ1n) is 7.16. The highest BCUT2D eigenvalue weighted by Crippen LogP contribution is 2.28. The second kappa shape index (κ2) is 4.78. The average molecular weight is 265 g/mol. The van der Waals surface area contributed by atoms with Gasteiger partial charge in [0, 0.05) is 0 Å². The molecule has 0 unspecified atom stereocenters. The van der Waals surface area contributed by atoms with Gasteiger partial charge in [-0.15, -0.1) is 0 Å². The van der Waals surface area contributed by atoms with Crippen molar-refractivity contribution in [2.75, 3.05) is 0 Å². The minimum absolute atomic E-state index is 0.427. The summed E-state index contributed by atoms with van der Waals surface area (Å²) in [6, 6.07) is 17.6. The van der Waals surface area contributed by atoms with Gasteiger partial charge in [0.25, 0.3) is 5.82 Å². The molecule has 20 heavy (non-hydrogen) atoms. The van der Waals surface area contributed by atoms with E-state index >= 15 is 0 Å². The normalized spacial score (nSPS) is 11.4. The lowest BCUT2D eigenvalue weighted by Gasteiger charge is -2.08. The van der Waals surface area contributed by atoms with Crippen LogP contribution >= 0.6 is 0 Å². The van der Waals surface area contributed by atoms with Crippen LogP contribution in [-0.2, 0) is 7.05 Å². The van der Waals surface area contributed by atoms with Crippen molar-refractivity contribution >= 4 is 11.0 Å². The van der Waals surface area contributed by atoms with Gasteiger partial charge in [-0.25, -0.2) is 9.13 Å². The molecule has 3 aromatic rings. The zero-order valence-electron chi connectivity index (χ0n) is 12.6. The van der Waals surface area contributed by atoms with E-state index in [1.165, 1.54) is 28.0 Å². The molecule has 0 atom stereocenters. The van der Waals surface area contributed by atoms with Gasteiger partial charge < -0.3 is 0 Å². The monoisotopic (exact) mass is 265 g/mol. The molecule has 3 rings (SSSR count). The summed E-state index contributed by atoms with van der Waals surface area (Å²) in [4.78, 5) is 0. The molecular weight excluding hydrogens is 244 g/mol. The predicted molar refractivity (Wildman–Crippen MR) is 83.7 cm³/mol. The number of rotatable bonds is 2. The molecule has 0 aliphatic carbocycles. The fraction of sp³-hybridized carbons (Fsp3) is 0.278. The Morgan fingerprint density at radius 3 is 2.30 bits per heavy atom. The Bertz CT molecular complexity index is 766. The highest BCUT2D eigenvalue weighted by molar-refractivity contribution is 5.76. The molecule has 1 heterocycles. The Labute approximate surface area is 120 Å². The summed E-state index contributed by atoms with van der Waals surface area (Å²) in [6.07, 6.45) is 0. The van der Waals surface area contributed by atoms with E-state index in [1.807, 2.05) is 0 Å². The van der Waals surface area contributed by atoms with Gasteiger partial charge in [0.15, 0.2) is 11.0 Å². The highest BCUT2D eigenvalue weighted by Gasteiger charge is 2.26. The van der Waals surface area contributed by atoms with Crippen molar-refractivity contribution in [3.63, 3.8) is 0 Å². The lowest BCUT2D eigenvalue weighted by Crippen LogP contribution is -2.30. The molecule has 0 fully saturated rings. The molecule has 0 aliphatic rings. The molecule has 0 saturated heterocycles. The van der Waals surface area contributed by atoms with E-state index in [2.05, 4.69) is 85.5 Å². The van der Waals surface area contributed by atoms with Gasteiger partial charge in [-0.2, -0.15) is 0 Å². The zero-order chi connectivity index (χ0) is 14.3. The summed E-state index contributed by atoms with van der Waals surface area (Å²) in [5, 5.41) is 0. The number of para-hydroxylation sites is 2. The molecule has 0 amide bonds.